The topological polar surface area (TPSA) is 35.5 Å². The molecule has 0 radical (unpaired) electrons. The molecule has 2 aromatic carbocycles. The van der Waals surface area contributed by atoms with Gasteiger partial charge in [-0.2, -0.15) is 0 Å². The van der Waals surface area contributed by atoms with Gasteiger partial charge in [0.1, 0.15) is 18.2 Å². The largest absolute Gasteiger partial charge is 0.490 e. The van der Waals surface area contributed by atoms with Crippen LogP contribution in [0.15, 0.2) is 48.5 Å². The molecule has 0 saturated heterocycles. The van der Waals surface area contributed by atoms with E-state index >= 15 is 0 Å². The first-order valence-corrected chi connectivity index (χ1v) is 7.30. The van der Waals surface area contributed by atoms with Gasteiger partial charge in [0, 0.05) is 18.1 Å². The van der Waals surface area contributed by atoms with Crippen molar-refractivity contribution >= 4 is 5.97 Å². The molecule has 22 heavy (non-hydrogen) atoms. The Labute approximate surface area is 128 Å². The fourth-order valence-corrected chi connectivity index (χ4v) is 2.67. The lowest BCUT2D eigenvalue weighted by Crippen LogP contribution is -2.28. The molecule has 4 heteroatoms. The molecular formula is C18H17FO3. The van der Waals surface area contributed by atoms with Crippen LogP contribution in [0, 0.1) is 5.82 Å². The highest BCUT2D eigenvalue weighted by Crippen LogP contribution is 2.37. The summed E-state index contributed by atoms with van der Waals surface area (Å²) in [6.45, 7) is 2.10. The Balaban J connectivity index is 1.75. The lowest BCUT2D eigenvalue weighted by molar-refractivity contribution is -0.148. The summed E-state index contributed by atoms with van der Waals surface area (Å²) in [5.41, 5.74) is 1.63. The van der Waals surface area contributed by atoms with E-state index in [1.165, 1.54) is 12.1 Å². The van der Waals surface area contributed by atoms with E-state index in [9.17, 15) is 9.18 Å². The van der Waals surface area contributed by atoms with Gasteiger partial charge in [0.05, 0.1) is 12.0 Å². The number of ether oxygens (including phenoxy) is 2. The minimum absolute atomic E-state index is 0.149. The maximum Gasteiger partial charge on any atom is 0.314 e. The predicted molar refractivity (Wildman–Crippen MR) is 80.1 cm³/mol. The van der Waals surface area contributed by atoms with Gasteiger partial charge in [-0.25, -0.2) is 4.39 Å². The van der Waals surface area contributed by atoms with Crippen LogP contribution in [0.1, 0.15) is 30.4 Å². The maximum atomic E-state index is 13.3. The summed E-state index contributed by atoms with van der Waals surface area (Å²) >= 11 is 0. The standard InChI is InChI=1S/C18H17FO3/c1-12-9-16(15-8-7-14(19)10-17(15)22-12)18(20)21-11-13-5-3-2-4-6-13/h2-8,10,12,16H,9,11H2,1H3. The fraction of sp³-hybridized carbons (Fsp3) is 0.278. The van der Waals surface area contributed by atoms with Crippen LogP contribution in [0.2, 0.25) is 0 Å². The van der Waals surface area contributed by atoms with Crippen LogP contribution >= 0.6 is 0 Å². The van der Waals surface area contributed by atoms with Crippen LogP contribution in [-0.4, -0.2) is 12.1 Å². The van der Waals surface area contributed by atoms with E-state index in [0.717, 1.165) is 5.56 Å². The molecule has 0 aromatic heterocycles. The minimum Gasteiger partial charge on any atom is -0.490 e. The zero-order valence-corrected chi connectivity index (χ0v) is 12.3. The van der Waals surface area contributed by atoms with E-state index in [-0.39, 0.29) is 24.5 Å². The molecule has 2 aromatic rings. The summed E-state index contributed by atoms with van der Waals surface area (Å²) in [6, 6.07) is 13.8. The lowest BCUT2D eigenvalue weighted by Gasteiger charge is -2.29. The Morgan fingerprint density at radius 3 is 2.82 bits per heavy atom. The van der Waals surface area contributed by atoms with Gasteiger partial charge in [-0.15, -0.1) is 0 Å². The Kier molecular flexibility index (Phi) is 4.09. The number of halogens is 1. The molecule has 0 saturated carbocycles. The second-order valence-corrected chi connectivity index (χ2v) is 5.49. The average molecular weight is 300 g/mol. The van der Waals surface area contributed by atoms with Crippen molar-refractivity contribution in [3.63, 3.8) is 0 Å². The van der Waals surface area contributed by atoms with Crippen molar-refractivity contribution in [3.8, 4) is 5.75 Å². The molecule has 0 bridgehead atoms. The third-order valence-electron chi connectivity index (χ3n) is 3.76. The molecule has 114 valence electrons. The Hall–Kier alpha value is -2.36. The predicted octanol–water partition coefficient (Wildman–Crippen LogP) is 3.82. The van der Waals surface area contributed by atoms with Gasteiger partial charge in [0.25, 0.3) is 0 Å². The van der Waals surface area contributed by atoms with Crippen molar-refractivity contribution < 1.29 is 18.7 Å². The molecule has 1 heterocycles. The Morgan fingerprint density at radius 2 is 2.05 bits per heavy atom. The molecule has 3 nitrogen and oxygen atoms in total. The number of rotatable bonds is 3. The van der Waals surface area contributed by atoms with E-state index in [0.29, 0.717) is 17.7 Å². The zero-order chi connectivity index (χ0) is 15.5. The molecule has 0 aliphatic carbocycles. The quantitative estimate of drug-likeness (QED) is 0.808. The normalized spacial score (nSPS) is 19.9. The summed E-state index contributed by atoms with van der Waals surface area (Å²) in [4.78, 5) is 12.4. The van der Waals surface area contributed by atoms with E-state index in [1.807, 2.05) is 37.3 Å². The number of carbonyl (C=O) groups is 1. The summed E-state index contributed by atoms with van der Waals surface area (Å²) in [7, 11) is 0. The van der Waals surface area contributed by atoms with Crippen molar-refractivity contribution in [2.75, 3.05) is 0 Å². The number of carbonyl (C=O) groups excluding carboxylic acids is 1. The van der Waals surface area contributed by atoms with Gasteiger partial charge in [0.2, 0.25) is 0 Å². The molecule has 1 aliphatic rings. The number of hydrogen-bond donors (Lipinski definition) is 0. The number of benzene rings is 2. The zero-order valence-electron chi connectivity index (χ0n) is 12.3. The van der Waals surface area contributed by atoms with Crippen LogP contribution in [0.3, 0.4) is 0 Å². The van der Waals surface area contributed by atoms with Crippen molar-refractivity contribution in [2.24, 2.45) is 0 Å². The third-order valence-corrected chi connectivity index (χ3v) is 3.76. The molecular weight excluding hydrogens is 283 g/mol. The van der Waals surface area contributed by atoms with Gasteiger partial charge in [-0.05, 0) is 18.6 Å². The molecule has 2 unspecified atom stereocenters. The van der Waals surface area contributed by atoms with E-state index in [4.69, 9.17) is 9.47 Å². The monoisotopic (exact) mass is 300 g/mol. The van der Waals surface area contributed by atoms with E-state index < -0.39 is 5.92 Å². The van der Waals surface area contributed by atoms with Crippen molar-refractivity contribution in [3.05, 3.63) is 65.5 Å². The average Bonchev–Trinajstić information content (AvgIpc) is 2.52. The van der Waals surface area contributed by atoms with Crippen molar-refractivity contribution in [1.82, 2.24) is 0 Å². The van der Waals surface area contributed by atoms with Crippen LogP contribution in [0.25, 0.3) is 0 Å². The van der Waals surface area contributed by atoms with Crippen LogP contribution in [0.4, 0.5) is 4.39 Å². The molecule has 3 rings (SSSR count). The van der Waals surface area contributed by atoms with Crippen molar-refractivity contribution in [1.29, 1.82) is 0 Å². The first-order valence-electron chi connectivity index (χ1n) is 7.30. The fourth-order valence-electron chi connectivity index (χ4n) is 2.67. The number of hydrogen-bond acceptors (Lipinski definition) is 3. The lowest BCUT2D eigenvalue weighted by atomic mass is 9.90. The Morgan fingerprint density at radius 1 is 1.27 bits per heavy atom. The summed E-state index contributed by atoms with van der Waals surface area (Å²) < 4.78 is 24.3. The number of fused-ring (bicyclic) bond motifs is 1. The highest BCUT2D eigenvalue weighted by Gasteiger charge is 2.32. The van der Waals surface area contributed by atoms with Gasteiger partial charge >= 0.3 is 5.97 Å². The first-order chi connectivity index (χ1) is 10.6. The van der Waals surface area contributed by atoms with Crippen LogP contribution in [0.5, 0.6) is 5.75 Å². The SMILES string of the molecule is CC1CC(C(=O)OCc2ccccc2)c2ccc(F)cc2O1. The molecule has 0 N–H and O–H groups in total. The van der Waals surface area contributed by atoms with Crippen molar-refractivity contribution in [2.45, 2.75) is 32.0 Å². The smallest absolute Gasteiger partial charge is 0.314 e. The minimum atomic E-state index is -0.414. The maximum absolute atomic E-state index is 13.3. The van der Waals surface area contributed by atoms with E-state index in [2.05, 4.69) is 0 Å². The summed E-state index contributed by atoms with van der Waals surface area (Å²) in [6.07, 6.45) is 0.385. The highest BCUT2D eigenvalue weighted by molar-refractivity contribution is 5.79. The molecule has 1 aliphatic heterocycles. The molecule has 0 amide bonds. The number of esters is 1. The van der Waals surface area contributed by atoms with Gasteiger partial charge in [-0.1, -0.05) is 36.4 Å². The molecule has 0 fully saturated rings. The first kappa shape index (κ1) is 14.6. The summed E-state index contributed by atoms with van der Waals surface area (Å²) in [5, 5.41) is 0. The van der Waals surface area contributed by atoms with Crippen LogP contribution in [-0.2, 0) is 16.1 Å². The van der Waals surface area contributed by atoms with Gasteiger partial charge in [-0.3, -0.25) is 4.79 Å². The molecule has 0 spiro atoms. The highest BCUT2D eigenvalue weighted by atomic mass is 19.1. The van der Waals surface area contributed by atoms with E-state index in [1.54, 1.807) is 6.07 Å². The Bertz CT molecular complexity index is 669. The van der Waals surface area contributed by atoms with Gasteiger partial charge in [0.15, 0.2) is 0 Å². The third kappa shape index (κ3) is 3.11. The van der Waals surface area contributed by atoms with Crippen LogP contribution < -0.4 is 4.74 Å². The second-order valence-electron chi connectivity index (χ2n) is 5.49. The second kappa shape index (κ2) is 6.18. The molecule has 2 atom stereocenters. The van der Waals surface area contributed by atoms with Gasteiger partial charge < -0.3 is 9.47 Å². The summed E-state index contributed by atoms with van der Waals surface area (Å²) in [5.74, 6) is -0.653.